The van der Waals surface area contributed by atoms with Gasteiger partial charge in [-0.05, 0) is 23.8 Å². The number of pyridine rings is 1. The summed E-state index contributed by atoms with van der Waals surface area (Å²) in [5, 5.41) is 21.5. The predicted octanol–water partition coefficient (Wildman–Crippen LogP) is 4.01. The summed E-state index contributed by atoms with van der Waals surface area (Å²) in [7, 11) is 0. The first-order chi connectivity index (χ1) is 19.4. The van der Waals surface area contributed by atoms with E-state index in [1.54, 1.807) is 30.3 Å². The van der Waals surface area contributed by atoms with Crippen LogP contribution < -0.4 is 9.88 Å². The van der Waals surface area contributed by atoms with Crippen LogP contribution in [-0.2, 0) is 25.7 Å². The van der Waals surface area contributed by atoms with E-state index in [1.165, 1.54) is 57.1 Å². The highest BCUT2D eigenvalue weighted by atomic mass is 35.5. The minimum Gasteiger partial charge on any atom is -0.477 e. The number of halogens is 4. The van der Waals surface area contributed by atoms with Crippen LogP contribution in [0.5, 0.6) is 0 Å². The molecule has 16 heteroatoms. The Morgan fingerprint density at radius 1 is 1.15 bits per heavy atom. The van der Waals surface area contributed by atoms with E-state index in [4.69, 9.17) is 28.3 Å². The summed E-state index contributed by atoms with van der Waals surface area (Å²) in [5.41, 5.74) is 0.421. The van der Waals surface area contributed by atoms with Gasteiger partial charge in [-0.25, -0.2) is 14.2 Å². The van der Waals surface area contributed by atoms with Gasteiger partial charge in [0, 0.05) is 38.5 Å². The topological polar surface area (TPSA) is 128 Å². The minimum absolute atomic E-state index is 0.0101. The van der Waals surface area contributed by atoms with Gasteiger partial charge in [0.15, 0.2) is 18.9 Å². The average molecular weight is 666 g/mol. The van der Waals surface area contributed by atoms with E-state index >= 15 is 0 Å². The third kappa shape index (κ3) is 7.47. The first-order valence-electron chi connectivity index (χ1n) is 11.9. The monoisotopic (exact) mass is 664 g/mol. The lowest BCUT2D eigenvalue weighted by molar-refractivity contribution is -0.699. The van der Waals surface area contributed by atoms with Crippen LogP contribution in [0.1, 0.15) is 6.42 Å². The van der Waals surface area contributed by atoms with Crippen LogP contribution in [0, 0.1) is 0 Å². The zero-order chi connectivity index (χ0) is 29.9. The van der Waals surface area contributed by atoms with E-state index in [-0.39, 0.29) is 23.7 Å². The van der Waals surface area contributed by atoms with Crippen LogP contribution in [0.4, 0.5) is 8.78 Å². The highest BCUT2D eigenvalue weighted by Crippen LogP contribution is 2.41. The lowest BCUT2D eigenvalue weighted by Crippen LogP contribution is -2.70. The van der Waals surface area contributed by atoms with Crippen molar-refractivity contribution >= 4 is 82.2 Å². The van der Waals surface area contributed by atoms with Crippen LogP contribution in [0.2, 0.25) is 10.0 Å². The van der Waals surface area contributed by atoms with E-state index in [2.05, 4.69) is 5.32 Å². The Bertz CT molecular complexity index is 1410. The third-order valence-electron chi connectivity index (χ3n) is 6.09. The van der Waals surface area contributed by atoms with Gasteiger partial charge in [-0.15, -0.1) is 35.3 Å². The molecule has 1 aromatic carbocycles. The van der Waals surface area contributed by atoms with Gasteiger partial charge in [-0.3, -0.25) is 14.5 Å². The number of aromatic nitrogens is 1. The van der Waals surface area contributed by atoms with Gasteiger partial charge >= 0.3 is 17.9 Å². The zero-order valence-electron chi connectivity index (χ0n) is 20.9. The van der Waals surface area contributed by atoms with Crippen molar-refractivity contribution in [1.82, 2.24) is 10.2 Å². The molecule has 2 atom stereocenters. The number of nitrogens with zero attached hydrogens (tertiary/aromatic N) is 2. The number of carbonyl (C=O) groups is 4. The predicted molar refractivity (Wildman–Crippen MR) is 151 cm³/mol. The molecule has 2 aliphatic rings. The van der Waals surface area contributed by atoms with Crippen LogP contribution in [0.3, 0.4) is 0 Å². The highest BCUT2D eigenvalue weighted by molar-refractivity contribution is 8.01. The second kappa shape index (κ2) is 13.2. The molecule has 0 spiro atoms. The number of hydrogen-bond acceptors (Lipinski definition) is 7. The van der Waals surface area contributed by atoms with Crippen LogP contribution in [0.25, 0.3) is 0 Å². The molecule has 4 rings (SSSR count). The van der Waals surface area contributed by atoms with Gasteiger partial charge in [-0.1, -0.05) is 23.2 Å². The van der Waals surface area contributed by atoms with Gasteiger partial charge in [-0.2, -0.15) is 8.78 Å². The first-order valence-corrected chi connectivity index (χ1v) is 15.7. The Morgan fingerprint density at radius 3 is 2.51 bits per heavy atom. The lowest BCUT2D eigenvalue weighted by atomic mass is 10.0. The van der Waals surface area contributed by atoms with Crippen molar-refractivity contribution in [2.45, 2.75) is 40.1 Å². The van der Waals surface area contributed by atoms with Crippen molar-refractivity contribution in [3.8, 4) is 0 Å². The maximum absolute atomic E-state index is 13.3. The zero-order valence-corrected chi connectivity index (χ0v) is 24.9. The number of aliphatic carboxylic acids is 2. The molecule has 0 radical (unpaired) electrons. The molecular weight excluding hydrogens is 643 g/mol. The molecule has 3 heterocycles. The molecule has 1 aromatic heterocycles. The third-order valence-corrected chi connectivity index (χ3v) is 10.3. The Kier molecular flexibility index (Phi) is 10.1. The van der Waals surface area contributed by atoms with Gasteiger partial charge in [0.1, 0.15) is 17.1 Å². The van der Waals surface area contributed by atoms with Crippen LogP contribution in [0.15, 0.2) is 63.8 Å². The van der Waals surface area contributed by atoms with Crippen molar-refractivity contribution in [3.05, 3.63) is 64.0 Å². The number of amides is 2. The number of alkyl halides is 2. The number of hydrogen-bond donors (Lipinski definition) is 3. The number of nitrogens with one attached hydrogen (secondary N) is 1. The fraction of sp³-hybridized carbons (Fsp3) is 0.320. The van der Waals surface area contributed by atoms with Crippen LogP contribution in [-0.4, -0.2) is 73.5 Å². The number of carboxylic acids is 2. The van der Waals surface area contributed by atoms with Gasteiger partial charge < -0.3 is 15.5 Å². The van der Waals surface area contributed by atoms with Crippen molar-refractivity contribution in [2.75, 3.05) is 17.3 Å². The Labute approximate surface area is 255 Å². The molecule has 2 aromatic rings. The van der Waals surface area contributed by atoms with E-state index in [0.29, 0.717) is 26.3 Å². The van der Waals surface area contributed by atoms with Gasteiger partial charge in [0.25, 0.3) is 5.91 Å². The molecule has 0 aliphatic carbocycles. The smallest absolute Gasteiger partial charge is 0.374 e. The van der Waals surface area contributed by atoms with Crippen molar-refractivity contribution in [3.63, 3.8) is 0 Å². The number of thioether (sulfide) groups is 3. The summed E-state index contributed by atoms with van der Waals surface area (Å²) in [6.45, 7) is -0.196. The fourth-order valence-electron chi connectivity index (χ4n) is 3.98. The van der Waals surface area contributed by atoms with Crippen LogP contribution >= 0.6 is 58.5 Å². The number of carbonyl (C=O) groups excluding carboxylic acids is 2. The van der Waals surface area contributed by atoms with Crippen molar-refractivity contribution in [1.29, 1.82) is 0 Å². The van der Waals surface area contributed by atoms with E-state index in [0.717, 1.165) is 4.90 Å². The molecule has 41 heavy (non-hydrogen) atoms. The molecule has 0 unspecified atom stereocenters. The quantitative estimate of drug-likeness (QED) is 0.175. The fourth-order valence-corrected chi connectivity index (χ4v) is 7.65. The average Bonchev–Trinajstić information content (AvgIpc) is 2.93. The molecule has 0 bridgehead atoms. The molecular formula is C25H22Cl2F2N3O6S3+. The number of carboxylic acid groups (broad SMARTS) is 2. The molecule has 9 nitrogen and oxygen atoms in total. The standard InChI is InChI=1S/C25H21Cl2F2N3O6S3/c26-14-1-2-16(27)17(9-14)40-12-18(33)30-19-21(34)32-20(23(35)36)13(11-41-22(19)32)10-39-15-3-6-31(7-4-15)8-5-25(28,29)24(37)38/h1-4,6-7,9,19,22H,5,8,10-12H2,(H2-,30,33,35,36,37,38)/p+1/t19-,22+/m0/s1. The summed E-state index contributed by atoms with van der Waals surface area (Å²) in [6, 6.07) is 7.33. The van der Waals surface area contributed by atoms with Crippen molar-refractivity contribution < 1.29 is 42.7 Å². The SMILES string of the molecule is O=C(CSc1cc(Cl)ccc1Cl)N[C@H]1C(=O)N2C(C(=O)O)=C(CSc3cc[n+](CCC(F)(F)C(=O)O)cc3)CS[C@H]12. The normalized spacial score (nSPS) is 18.5. The maximum Gasteiger partial charge on any atom is 0.374 e. The summed E-state index contributed by atoms with van der Waals surface area (Å²) in [6.07, 6.45) is 2.21. The van der Waals surface area contributed by atoms with E-state index in [9.17, 15) is 33.1 Å². The van der Waals surface area contributed by atoms with Gasteiger partial charge in [0.05, 0.1) is 17.2 Å². The van der Waals surface area contributed by atoms with E-state index in [1.807, 2.05) is 0 Å². The molecule has 2 amide bonds. The van der Waals surface area contributed by atoms with Crippen molar-refractivity contribution in [2.24, 2.45) is 0 Å². The highest BCUT2D eigenvalue weighted by Gasteiger charge is 2.54. The van der Waals surface area contributed by atoms with Gasteiger partial charge in [0.2, 0.25) is 5.91 Å². The summed E-state index contributed by atoms with van der Waals surface area (Å²) in [5.74, 6) is -7.58. The number of rotatable bonds is 12. The maximum atomic E-state index is 13.3. The lowest BCUT2D eigenvalue weighted by Gasteiger charge is -2.49. The Morgan fingerprint density at radius 2 is 1.85 bits per heavy atom. The molecule has 218 valence electrons. The molecule has 0 saturated carbocycles. The Balaban J connectivity index is 1.33. The molecule has 1 fully saturated rings. The first kappa shape index (κ1) is 31.4. The molecule has 1 saturated heterocycles. The largest absolute Gasteiger partial charge is 0.477 e. The second-order valence-electron chi connectivity index (χ2n) is 8.90. The summed E-state index contributed by atoms with van der Waals surface area (Å²) < 4.78 is 28.1. The Hall–Kier alpha value is -2.52. The van der Waals surface area contributed by atoms with E-state index < -0.39 is 47.5 Å². The second-order valence-corrected chi connectivity index (χ2v) is 12.9. The number of β-lactam (4-membered cyclic amide) rings is 1. The summed E-state index contributed by atoms with van der Waals surface area (Å²) in [4.78, 5) is 50.7. The molecule has 2 aliphatic heterocycles. The number of benzene rings is 1. The minimum atomic E-state index is -3.82. The molecule has 3 N–H and O–H groups in total. The number of aryl methyl sites for hydroxylation is 1. The summed E-state index contributed by atoms with van der Waals surface area (Å²) >= 11 is 15.9. The number of fused-ring (bicyclic) bond motifs is 1.